The molecule has 0 aliphatic heterocycles. The molecule has 0 radical (unpaired) electrons. The largest absolute Gasteiger partial charge is 0.497 e. The molecule has 0 saturated heterocycles. The summed E-state index contributed by atoms with van der Waals surface area (Å²) in [6.07, 6.45) is 0. The molecule has 0 aliphatic carbocycles. The summed E-state index contributed by atoms with van der Waals surface area (Å²) in [5.41, 5.74) is 9.73. The maximum Gasteiger partial charge on any atom is 0.118 e. The van der Waals surface area contributed by atoms with E-state index < -0.39 is 0 Å². The molecule has 3 heteroatoms. The third-order valence-corrected chi connectivity index (χ3v) is 2.80. The fraction of sp³-hybridized carbons (Fsp3) is 0.214. The zero-order valence-corrected chi connectivity index (χ0v) is 10.1. The molecule has 0 aliphatic rings. The number of methoxy groups -OCH3 is 1. The van der Waals surface area contributed by atoms with E-state index in [0.29, 0.717) is 6.54 Å². The monoisotopic (exact) mass is 228 g/mol. The van der Waals surface area contributed by atoms with Crippen LogP contribution in [0.3, 0.4) is 0 Å². The number of nitrogens with zero attached hydrogens (tertiary/aromatic N) is 1. The van der Waals surface area contributed by atoms with E-state index in [0.717, 1.165) is 28.3 Å². The summed E-state index contributed by atoms with van der Waals surface area (Å²) >= 11 is 0. The molecular formula is C14H16N2O. The average Bonchev–Trinajstić information content (AvgIpc) is 2.39. The van der Waals surface area contributed by atoms with Crippen LogP contribution < -0.4 is 10.5 Å². The first-order valence-electron chi connectivity index (χ1n) is 5.55. The molecule has 0 fully saturated rings. The van der Waals surface area contributed by atoms with Crippen molar-refractivity contribution in [3.8, 4) is 17.0 Å². The molecule has 2 rings (SSSR count). The van der Waals surface area contributed by atoms with Gasteiger partial charge in [0.1, 0.15) is 5.75 Å². The minimum atomic E-state index is 0.529. The fourth-order valence-electron chi connectivity index (χ4n) is 1.73. The van der Waals surface area contributed by atoms with Crippen molar-refractivity contribution in [2.24, 2.45) is 5.73 Å². The standard InChI is InChI=1S/C14H16N2O/c1-10-12(9-15)5-8-14(16-10)11-3-6-13(17-2)7-4-11/h3-8H,9,15H2,1-2H3. The van der Waals surface area contributed by atoms with Gasteiger partial charge in [-0.15, -0.1) is 0 Å². The van der Waals surface area contributed by atoms with Crippen molar-refractivity contribution in [1.82, 2.24) is 4.98 Å². The van der Waals surface area contributed by atoms with Crippen molar-refractivity contribution in [3.63, 3.8) is 0 Å². The molecule has 0 amide bonds. The lowest BCUT2D eigenvalue weighted by Crippen LogP contribution is -2.01. The molecule has 0 bridgehead atoms. The van der Waals surface area contributed by atoms with Crippen molar-refractivity contribution in [2.75, 3.05) is 7.11 Å². The smallest absolute Gasteiger partial charge is 0.118 e. The summed E-state index contributed by atoms with van der Waals surface area (Å²) in [5.74, 6) is 0.851. The maximum absolute atomic E-state index is 5.62. The van der Waals surface area contributed by atoms with E-state index in [9.17, 15) is 0 Å². The number of nitrogens with two attached hydrogens (primary N) is 1. The van der Waals surface area contributed by atoms with Crippen LogP contribution in [0.5, 0.6) is 5.75 Å². The predicted octanol–water partition coefficient (Wildman–Crippen LogP) is 2.52. The van der Waals surface area contributed by atoms with Crippen LogP contribution in [-0.4, -0.2) is 12.1 Å². The molecule has 2 aromatic rings. The van der Waals surface area contributed by atoms with Gasteiger partial charge >= 0.3 is 0 Å². The second-order valence-electron chi connectivity index (χ2n) is 3.87. The molecule has 1 heterocycles. The van der Waals surface area contributed by atoms with Gasteiger partial charge in [0.25, 0.3) is 0 Å². The molecule has 0 unspecified atom stereocenters. The Kier molecular flexibility index (Phi) is 3.40. The summed E-state index contributed by atoms with van der Waals surface area (Å²) in [6, 6.07) is 11.9. The van der Waals surface area contributed by atoms with Gasteiger partial charge in [-0.05, 0) is 42.8 Å². The van der Waals surface area contributed by atoms with Crippen LogP contribution in [0.25, 0.3) is 11.3 Å². The highest BCUT2D eigenvalue weighted by molar-refractivity contribution is 5.60. The van der Waals surface area contributed by atoms with E-state index in [1.165, 1.54) is 0 Å². The second kappa shape index (κ2) is 4.97. The van der Waals surface area contributed by atoms with Crippen LogP contribution in [0.2, 0.25) is 0 Å². The zero-order valence-electron chi connectivity index (χ0n) is 10.1. The lowest BCUT2D eigenvalue weighted by Gasteiger charge is -2.06. The van der Waals surface area contributed by atoms with Crippen LogP contribution in [0.1, 0.15) is 11.3 Å². The van der Waals surface area contributed by atoms with E-state index in [1.807, 2.05) is 43.3 Å². The van der Waals surface area contributed by atoms with E-state index >= 15 is 0 Å². The van der Waals surface area contributed by atoms with E-state index in [-0.39, 0.29) is 0 Å². The first-order chi connectivity index (χ1) is 8.24. The first kappa shape index (κ1) is 11.6. The Morgan fingerprint density at radius 1 is 1.12 bits per heavy atom. The number of hydrogen-bond acceptors (Lipinski definition) is 3. The van der Waals surface area contributed by atoms with E-state index in [2.05, 4.69) is 4.98 Å². The summed E-state index contributed by atoms with van der Waals surface area (Å²) in [7, 11) is 1.66. The number of aryl methyl sites for hydroxylation is 1. The zero-order chi connectivity index (χ0) is 12.3. The third-order valence-electron chi connectivity index (χ3n) is 2.80. The Bertz CT molecular complexity index is 506. The Morgan fingerprint density at radius 2 is 1.82 bits per heavy atom. The summed E-state index contributed by atoms with van der Waals surface area (Å²) < 4.78 is 5.13. The average molecular weight is 228 g/mol. The number of benzene rings is 1. The van der Waals surface area contributed by atoms with Crippen molar-refractivity contribution in [1.29, 1.82) is 0 Å². The van der Waals surface area contributed by atoms with Gasteiger partial charge in [-0.25, -0.2) is 0 Å². The van der Waals surface area contributed by atoms with Gasteiger partial charge in [0.15, 0.2) is 0 Å². The Morgan fingerprint density at radius 3 is 2.35 bits per heavy atom. The number of ether oxygens (including phenoxy) is 1. The van der Waals surface area contributed by atoms with Crippen molar-refractivity contribution in [3.05, 3.63) is 47.7 Å². The lowest BCUT2D eigenvalue weighted by atomic mass is 10.1. The maximum atomic E-state index is 5.62. The van der Waals surface area contributed by atoms with Crippen LogP contribution in [0.15, 0.2) is 36.4 Å². The molecular weight excluding hydrogens is 212 g/mol. The second-order valence-corrected chi connectivity index (χ2v) is 3.87. The number of aromatic nitrogens is 1. The van der Waals surface area contributed by atoms with Gasteiger partial charge in [0.2, 0.25) is 0 Å². The Balaban J connectivity index is 2.35. The van der Waals surface area contributed by atoms with E-state index in [4.69, 9.17) is 10.5 Å². The molecule has 1 aromatic heterocycles. The SMILES string of the molecule is COc1ccc(-c2ccc(CN)c(C)n2)cc1. The van der Waals surface area contributed by atoms with Gasteiger partial charge in [0.05, 0.1) is 12.8 Å². The minimum Gasteiger partial charge on any atom is -0.497 e. The van der Waals surface area contributed by atoms with Crippen molar-refractivity contribution >= 4 is 0 Å². The molecule has 0 atom stereocenters. The van der Waals surface area contributed by atoms with Gasteiger partial charge in [-0.1, -0.05) is 6.07 Å². The minimum absolute atomic E-state index is 0.529. The van der Waals surface area contributed by atoms with Gasteiger partial charge in [-0.3, -0.25) is 4.98 Å². The number of pyridine rings is 1. The van der Waals surface area contributed by atoms with Gasteiger partial charge in [-0.2, -0.15) is 0 Å². The molecule has 3 nitrogen and oxygen atoms in total. The number of hydrogen-bond donors (Lipinski definition) is 1. The molecule has 1 aromatic carbocycles. The summed E-state index contributed by atoms with van der Waals surface area (Å²) in [5, 5.41) is 0. The van der Waals surface area contributed by atoms with Crippen molar-refractivity contribution in [2.45, 2.75) is 13.5 Å². The highest BCUT2D eigenvalue weighted by atomic mass is 16.5. The summed E-state index contributed by atoms with van der Waals surface area (Å²) in [4.78, 5) is 4.55. The highest BCUT2D eigenvalue weighted by Crippen LogP contribution is 2.21. The molecule has 88 valence electrons. The molecule has 17 heavy (non-hydrogen) atoms. The van der Waals surface area contributed by atoms with Crippen LogP contribution in [0.4, 0.5) is 0 Å². The quantitative estimate of drug-likeness (QED) is 0.878. The number of rotatable bonds is 3. The summed E-state index contributed by atoms with van der Waals surface area (Å²) in [6.45, 7) is 2.51. The van der Waals surface area contributed by atoms with E-state index in [1.54, 1.807) is 7.11 Å². The lowest BCUT2D eigenvalue weighted by molar-refractivity contribution is 0.415. The predicted molar refractivity (Wildman–Crippen MR) is 68.9 cm³/mol. The first-order valence-corrected chi connectivity index (χ1v) is 5.55. The Labute approximate surface area is 101 Å². The molecule has 0 saturated carbocycles. The van der Waals surface area contributed by atoms with Crippen LogP contribution in [-0.2, 0) is 6.54 Å². The van der Waals surface area contributed by atoms with Gasteiger partial charge in [0, 0.05) is 17.8 Å². The van der Waals surface area contributed by atoms with Crippen LogP contribution >= 0.6 is 0 Å². The fourth-order valence-corrected chi connectivity index (χ4v) is 1.73. The van der Waals surface area contributed by atoms with Crippen molar-refractivity contribution < 1.29 is 4.74 Å². The molecule has 0 spiro atoms. The Hall–Kier alpha value is -1.87. The normalized spacial score (nSPS) is 10.3. The topological polar surface area (TPSA) is 48.1 Å². The molecule has 2 N–H and O–H groups in total. The third kappa shape index (κ3) is 2.45. The highest BCUT2D eigenvalue weighted by Gasteiger charge is 2.03. The van der Waals surface area contributed by atoms with Gasteiger partial charge < -0.3 is 10.5 Å². The van der Waals surface area contributed by atoms with Crippen LogP contribution in [0, 0.1) is 6.92 Å².